The van der Waals surface area contributed by atoms with E-state index in [0.29, 0.717) is 18.2 Å². The lowest BCUT2D eigenvalue weighted by atomic mass is 10.2. The Morgan fingerprint density at radius 2 is 1.97 bits per heavy atom. The first-order valence-electron chi connectivity index (χ1n) is 9.68. The Bertz CT molecular complexity index is 1160. The molecule has 0 radical (unpaired) electrons. The van der Waals surface area contributed by atoms with Crippen LogP contribution in [0.1, 0.15) is 13.3 Å². The van der Waals surface area contributed by atoms with Crippen LogP contribution in [0.4, 0.5) is 0 Å². The Morgan fingerprint density at radius 1 is 1.20 bits per heavy atom. The van der Waals surface area contributed by atoms with E-state index in [1.807, 2.05) is 60.0 Å². The molecule has 0 N–H and O–H groups in total. The number of thioether (sulfide) groups is 1. The van der Waals surface area contributed by atoms with Gasteiger partial charge in [-0.15, -0.1) is 0 Å². The van der Waals surface area contributed by atoms with Gasteiger partial charge >= 0.3 is 5.97 Å². The number of hydrogen-bond acceptors (Lipinski definition) is 7. The average Bonchev–Trinajstić information content (AvgIpc) is 3.26. The summed E-state index contributed by atoms with van der Waals surface area (Å²) in [6, 6.07) is 15.5. The molecule has 7 nitrogen and oxygen atoms in total. The summed E-state index contributed by atoms with van der Waals surface area (Å²) in [5, 5.41) is 0.663. The van der Waals surface area contributed by atoms with Crippen LogP contribution in [0.15, 0.2) is 53.7 Å². The van der Waals surface area contributed by atoms with E-state index in [-0.39, 0.29) is 17.3 Å². The molecule has 30 heavy (non-hydrogen) atoms. The number of carbonyl (C=O) groups is 1. The average molecular weight is 447 g/mol. The summed E-state index contributed by atoms with van der Waals surface area (Å²) in [4.78, 5) is 16.9. The molecule has 1 saturated heterocycles. The molecule has 1 aromatic heterocycles. The van der Waals surface area contributed by atoms with Crippen molar-refractivity contribution in [3.05, 3.63) is 48.5 Å². The van der Waals surface area contributed by atoms with E-state index in [0.717, 1.165) is 22.5 Å². The molecule has 3 aromatic rings. The van der Waals surface area contributed by atoms with Gasteiger partial charge in [-0.2, -0.15) is 0 Å². The number of ether oxygens (including phenoxy) is 2. The van der Waals surface area contributed by atoms with Crippen LogP contribution in [0.2, 0.25) is 0 Å². The molecule has 0 spiro atoms. The second kappa shape index (κ2) is 8.69. The molecule has 1 aliphatic heterocycles. The predicted octanol–water partition coefficient (Wildman–Crippen LogP) is 3.25. The Hall–Kier alpha value is -2.52. The lowest BCUT2D eigenvalue weighted by Crippen LogP contribution is -2.20. The van der Waals surface area contributed by atoms with Gasteiger partial charge in [0.2, 0.25) is 0 Å². The minimum atomic E-state index is -3.09. The molecule has 0 saturated carbocycles. The summed E-state index contributed by atoms with van der Waals surface area (Å²) in [6.07, 6.45) is -0.184. The van der Waals surface area contributed by atoms with Crippen LogP contribution in [0, 0.1) is 0 Å². The largest absolute Gasteiger partial charge is 0.494 e. The van der Waals surface area contributed by atoms with E-state index in [9.17, 15) is 13.2 Å². The van der Waals surface area contributed by atoms with Crippen LogP contribution in [0.5, 0.6) is 5.75 Å². The van der Waals surface area contributed by atoms with E-state index in [2.05, 4.69) is 4.98 Å². The molecular weight excluding hydrogens is 424 g/mol. The number of aromatic nitrogens is 2. The number of para-hydroxylation sites is 2. The van der Waals surface area contributed by atoms with Crippen LogP contribution in [0.3, 0.4) is 0 Å². The predicted molar refractivity (Wildman–Crippen MR) is 116 cm³/mol. The van der Waals surface area contributed by atoms with Crippen molar-refractivity contribution in [1.82, 2.24) is 9.55 Å². The number of fused-ring (bicyclic) bond motifs is 1. The van der Waals surface area contributed by atoms with Crippen molar-refractivity contribution in [2.24, 2.45) is 0 Å². The maximum atomic E-state index is 12.3. The normalized spacial score (nSPS) is 17.8. The van der Waals surface area contributed by atoms with Crippen LogP contribution in [-0.4, -0.2) is 53.9 Å². The maximum absolute atomic E-state index is 12.3. The fourth-order valence-electron chi connectivity index (χ4n) is 3.41. The lowest BCUT2D eigenvalue weighted by molar-refractivity contribution is -0.144. The van der Waals surface area contributed by atoms with Gasteiger partial charge in [0.05, 0.1) is 34.9 Å². The van der Waals surface area contributed by atoms with Crippen LogP contribution < -0.4 is 4.74 Å². The second-order valence-corrected chi connectivity index (χ2v) is 10.1. The van der Waals surface area contributed by atoms with Crippen molar-refractivity contribution < 1.29 is 22.7 Å². The van der Waals surface area contributed by atoms with E-state index in [1.165, 1.54) is 11.8 Å². The van der Waals surface area contributed by atoms with Crippen LogP contribution in [0.25, 0.3) is 16.7 Å². The minimum Gasteiger partial charge on any atom is -0.494 e. The van der Waals surface area contributed by atoms with Crippen LogP contribution >= 0.6 is 11.8 Å². The summed E-state index contributed by atoms with van der Waals surface area (Å²) in [7, 11) is -3.09. The third-order valence-corrected chi connectivity index (χ3v) is 7.39. The first kappa shape index (κ1) is 20.7. The molecule has 2 heterocycles. The Kier molecular flexibility index (Phi) is 6.01. The van der Waals surface area contributed by atoms with E-state index < -0.39 is 21.9 Å². The monoisotopic (exact) mass is 446 g/mol. The molecule has 9 heteroatoms. The number of benzene rings is 2. The first-order valence-corrected chi connectivity index (χ1v) is 12.5. The van der Waals surface area contributed by atoms with E-state index in [4.69, 9.17) is 9.47 Å². The van der Waals surface area contributed by atoms with Gasteiger partial charge in [0.1, 0.15) is 11.9 Å². The fraction of sp³-hybridized carbons (Fsp3) is 0.333. The fourth-order valence-corrected chi connectivity index (χ4v) is 5.81. The zero-order valence-electron chi connectivity index (χ0n) is 16.5. The second-order valence-electron chi connectivity index (χ2n) is 6.95. The zero-order chi connectivity index (χ0) is 21.1. The molecule has 0 bridgehead atoms. The number of esters is 1. The number of sulfone groups is 1. The smallest absolute Gasteiger partial charge is 0.316 e. The SMILES string of the molecule is CCOc1ccc(-n2c(SCC(=O)O[C@H]3CCS(=O)(=O)C3)nc3ccccc32)cc1. The lowest BCUT2D eigenvalue weighted by Gasteiger charge is -2.12. The number of imidazole rings is 1. The number of rotatable bonds is 7. The Morgan fingerprint density at radius 3 is 2.67 bits per heavy atom. The molecule has 0 aliphatic carbocycles. The zero-order valence-corrected chi connectivity index (χ0v) is 18.1. The summed E-state index contributed by atoms with van der Waals surface area (Å²) in [5.74, 6) is 0.388. The summed E-state index contributed by atoms with van der Waals surface area (Å²) < 4.78 is 35.9. The highest BCUT2D eigenvalue weighted by atomic mass is 32.2. The third-order valence-electron chi connectivity index (χ3n) is 4.74. The minimum absolute atomic E-state index is 0.0525. The molecule has 0 amide bonds. The van der Waals surface area contributed by atoms with Crippen LogP contribution in [-0.2, 0) is 19.4 Å². The van der Waals surface area contributed by atoms with E-state index in [1.54, 1.807) is 0 Å². The van der Waals surface area contributed by atoms with Gasteiger partial charge in [0, 0.05) is 5.69 Å². The molecule has 1 aliphatic rings. The molecule has 4 rings (SSSR count). The quantitative estimate of drug-likeness (QED) is 0.407. The highest BCUT2D eigenvalue weighted by Crippen LogP contribution is 2.29. The summed E-state index contributed by atoms with van der Waals surface area (Å²) >= 11 is 1.27. The third kappa shape index (κ3) is 4.62. The molecule has 0 unspecified atom stereocenters. The Balaban J connectivity index is 1.53. The molecule has 1 fully saturated rings. The topological polar surface area (TPSA) is 87.5 Å². The summed E-state index contributed by atoms with van der Waals surface area (Å²) in [5.41, 5.74) is 2.66. The maximum Gasteiger partial charge on any atom is 0.316 e. The van der Waals surface area contributed by atoms with E-state index >= 15 is 0 Å². The molecule has 158 valence electrons. The van der Waals surface area contributed by atoms with Crippen molar-refractivity contribution in [1.29, 1.82) is 0 Å². The molecule has 2 aromatic carbocycles. The van der Waals surface area contributed by atoms with Gasteiger partial charge in [0.15, 0.2) is 15.0 Å². The van der Waals surface area contributed by atoms with Crippen molar-refractivity contribution in [2.45, 2.75) is 24.6 Å². The van der Waals surface area contributed by atoms with Crippen molar-refractivity contribution in [3.63, 3.8) is 0 Å². The first-order chi connectivity index (χ1) is 14.4. The van der Waals surface area contributed by atoms with Crippen molar-refractivity contribution in [3.8, 4) is 11.4 Å². The Labute approximate surface area is 179 Å². The molecule has 1 atom stereocenters. The highest BCUT2D eigenvalue weighted by Gasteiger charge is 2.30. The molecular formula is C21H22N2O5S2. The summed E-state index contributed by atoms with van der Waals surface area (Å²) in [6.45, 7) is 2.53. The number of nitrogens with zero attached hydrogens (tertiary/aromatic N) is 2. The number of hydrogen-bond donors (Lipinski definition) is 0. The van der Waals surface area contributed by atoms with Crippen molar-refractivity contribution in [2.75, 3.05) is 23.9 Å². The van der Waals surface area contributed by atoms with Gasteiger partial charge in [-0.25, -0.2) is 13.4 Å². The van der Waals surface area contributed by atoms with Gasteiger partial charge in [-0.1, -0.05) is 23.9 Å². The number of carbonyl (C=O) groups excluding carboxylic acids is 1. The van der Waals surface area contributed by atoms with Crippen molar-refractivity contribution >= 4 is 38.6 Å². The van der Waals surface area contributed by atoms with Gasteiger partial charge < -0.3 is 9.47 Å². The standard InChI is InChI=1S/C21H22N2O5S2/c1-2-27-16-9-7-15(8-10-16)23-19-6-4-3-5-18(19)22-21(23)29-13-20(24)28-17-11-12-30(25,26)14-17/h3-10,17H,2,11-14H2,1H3/t17-/m0/s1. The highest BCUT2D eigenvalue weighted by molar-refractivity contribution is 7.99. The van der Waals surface area contributed by atoms with Gasteiger partial charge in [-0.3, -0.25) is 9.36 Å². The van der Waals surface area contributed by atoms with Gasteiger partial charge in [-0.05, 0) is 49.7 Å². The van der Waals surface area contributed by atoms with Gasteiger partial charge in [0.25, 0.3) is 0 Å².